The first-order valence-electron chi connectivity index (χ1n) is 8.94. The van der Waals surface area contributed by atoms with Gasteiger partial charge in [-0.1, -0.05) is 12.1 Å². The summed E-state index contributed by atoms with van der Waals surface area (Å²) in [5.41, 5.74) is 1.57. The molecule has 2 heterocycles. The number of benzene rings is 1. The third-order valence-electron chi connectivity index (χ3n) is 4.65. The van der Waals surface area contributed by atoms with Crippen molar-refractivity contribution in [3.63, 3.8) is 0 Å². The second-order valence-electron chi connectivity index (χ2n) is 6.61. The first-order chi connectivity index (χ1) is 13.0. The van der Waals surface area contributed by atoms with Crippen molar-refractivity contribution < 1.29 is 17.9 Å². The van der Waals surface area contributed by atoms with Gasteiger partial charge in [0, 0.05) is 38.5 Å². The topological polar surface area (TPSA) is 85.7 Å². The first-order valence-corrected chi connectivity index (χ1v) is 10.4. The maximum Gasteiger partial charge on any atom is 0.279 e. The van der Waals surface area contributed by atoms with E-state index in [2.05, 4.69) is 9.82 Å². The van der Waals surface area contributed by atoms with E-state index in [4.69, 9.17) is 9.47 Å². The van der Waals surface area contributed by atoms with Gasteiger partial charge < -0.3 is 9.47 Å². The molecule has 1 fully saturated rings. The summed E-state index contributed by atoms with van der Waals surface area (Å²) in [7, 11) is -0.287. The standard InChI is InChI=1S/C18H26N4O4S/c1-25-14-15-6-5-9-21(12-15)27(23,24)20-11-16-10-19-22(13-16)17-7-3-4-8-18(17)26-2/h3-4,7-8,10,13,15,20H,5-6,9,11-12,14H2,1-2H3/t15-/m1/s1. The fraction of sp³-hybridized carbons (Fsp3) is 0.500. The Hall–Kier alpha value is -1.94. The van der Waals surface area contributed by atoms with E-state index < -0.39 is 10.2 Å². The number of nitrogens with zero attached hydrogens (tertiary/aromatic N) is 3. The Bertz CT molecular complexity index is 851. The van der Waals surface area contributed by atoms with Crippen LogP contribution in [0.4, 0.5) is 0 Å². The minimum atomic E-state index is -3.53. The number of aromatic nitrogens is 2. The van der Waals surface area contributed by atoms with Crippen LogP contribution in [0.15, 0.2) is 36.7 Å². The quantitative estimate of drug-likeness (QED) is 0.735. The predicted molar refractivity (Wildman–Crippen MR) is 102 cm³/mol. The highest BCUT2D eigenvalue weighted by Crippen LogP contribution is 2.22. The summed E-state index contributed by atoms with van der Waals surface area (Å²) in [5.74, 6) is 0.943. The fourth-order valence-electron chi connectivity index (χ4n) is 3.28. The van der Waals surface area contributed by atoms with Crippen LogP contribution in [0.2, 0.25) is 0 Å². The summed E-state index contributed by atoms with van der Waals surface area (Å²) < 4.78 is 41.6. The lowest BCUT2D eigenvalue weighted by Gasteiger charge is -2.31. The second kappa shape index (κ2) is 8.83. The molecule has 1 atom stereocenters. The SMILES string of the molecule is COC[C@@H]1CCCN(S(=O)(=O)NCc2cnn(-c3ccccc3OC)c2)C1. The van der Waals surface area contributed by atoms with E-state index in [0.717, 1.165) is 24.1 Å². The van der Waals surface area contributed by atoms with Gasteiger partial charge in [-0.25, -0.2) is 4.68 Å². The lowest BCUT2D eigenvalue weighted by atomic mass is 10.0. The van der Waals surface area contributed by atoms with Crippen LogP contribution in [0.1, 0.15) is 18.4 Å². The molecule has 1 aliphatic heterocycles. The summed E-state index contributed by atoms with van der Waals surface area (Å²) >= 11 is 0. The van der Waals surface area contributed by atoms with Crippen LogP contribution in [-0.2, 0) is 21.5 Å². The highest BCUT2D eigenvalue weighted by molar-refractivity contribution is 7.87. The summed E-state index contributed by atoms with van der Waals surface area (Å²) in [5, 5.41) is 4.32. The highest BCUT2D eigenvalue weighted by Gasteiger charge is 2.28. The zero-order valence-corrected chi connectivity index (χ0v) is 16.5. The maximum atomic E-state index is 12.6. The van der Waals surface area contributed by atoms with Gasteiger partial charge in [-0.2, -0.15) is 22.5 Å². The normalized spacial score (nSPS) is 18.5. The Labute approximate surface area is 160 Å². The average molecular weight is 394 g/mol. The molecular formula is C18H26N4O4S. The molecule has 0 spiro atoms. The van der Waals surface area contributed by atoms with Crippen LogP contribution in [0.25, 0.3) is 5.69 Å². The number of para-hydroxylation sites is 2. The van der Waals surface area contributed by atoms with Crippen molar-refractivity contribution >= 4 is 10.2 Å². The number of methoxy groups -OCH3 is 2. The Kier molecular flexibility index (Phi) is 6.48. The average Bonchev–Trinajstić information content (AvgIpc) is 3.16. The molecule has 1 saturated heterocycles. The van der Waals surface area contributed by atoms with Gasteiger partial charge in [0.25, 0.3) is 10.2 Å². The minimum Gasteiger partial charge on any atom is -0.494 e. The largest absolute Gasteiger partial charge is 0.494 e. The van der Waals surface area contributed by atoms with Crippen molar-refractivity contribution in [3.8, 4) is 11.4 Å². The zero-order chi connectivity index (χ0) is 19.3. The zero-order valence-electron chi connectivity index (χ0n) is 15.7. The monoisotopic (exact) mass is 394 g/mol. The summed E-state index contributed by atoms with van der Waals surface area (Å²) in [6.07, 6.45) is 5.29. The van der Waals surface area contributed by atoms with E-state index in [1.165, 1.54) is 4.31 Å². The highest BCUT2D eigenvalue weighted by atomic mass is 32.2. The van der Waals surface area contributed by atoms with Gasteiger partial charge in [-0.05, 0) is 30.9 Å². The molecule has 148 valence electrons. The van der Waals surface area contributed by atoms with E-state index in [-0.39, 0.29) is 12.5 Å². The fourth-order valence-corrected chi connectivity index (χ4v) is 4.59. The molecule has 1 aliphatic rings. The van der Waals surface area contributed by atoms with Crippen molar-refractivity contribution in [2.24, 2.45) is 5.92 Å². The molecule has 0 aliphatic carbocycles. The molecule has 2 aromatic rings. The molecule has 1 aromatic heterocycles. The molecule has 9 heteroatoms. The van der Waals surface area contributed by atoms with Crippen molar-refractivity contribution in [2.45, 2.75) is 19.4 Å². The Balaban J connectivity index is 1.64. The number of nitrogens with one attached hydrogen (secondary N) is 1. The number of hydrogen-bond donors (Lipinski definition) is 1. The van der Waals surface area contributed by atoms with Crippen LogP contribution < -0.4 is 9.46 Å². The minimum absolute atomic E-state index is 0.183. The van der Waals surface area contributed by atoms with Gasteiger partial charge in [0.05, 0.1) is 19.9 Å². The molecule has 0 amide bonds. The third-order valence-corrected chi connectivity index (χ3v) is 6.17. The van der Waals surface area contributed by atoms with Crippen LogP contribution >= 0.6 is 0 Å². The Morgan fingerprint density at radius 1 is 1.30 bits per heavy atom. The molecule has 1 N–H and O–H groups in total. The summed E-state index contributed by atoms with van der Waals surface area (Å²) in [6.45, 7) is 1.79. The smallest absolute Gasteiger partial charge is 0.279 e. The summed E-state index contributed by atoms with van der Waals surface area (Å²) in [6, 6.07) is 7.53. The molecular weight excluding hydrogens is 368 g/mol. The number of piperidine rings is 1. The molecule has 0 saturated carbocycles. The molecule has 1 aromatic carbocycles. The predicted octanol–water partition coefficient (Wildman–Crippen LogP) is 1.57. The van der Waals surface area contributed by atoms with Gasteiger partial charge in [-0.15, -0.1) is 0 Å². The van der Waals surface area contributed by atoms with Gasteiger partial charge in [0.1, 0.15) is 11.4 Å². The van der Waals surface area contributed by atoms with Crippen LogP contribution in [0, 0.1) is 5.92 Å². The lowest BCUT2D eigenvalue weighted by Crippen LogP contribution is -2.46. The van der Waals surface area contributed by atoms with E-state index >= 15 is 0 Å². The Morgan fingerprint density at radius 2 is 2.11 bits per heavy atom. The van der Waals surface area contributed by atoms with Crippen LogP contribution in [0.3, 0.4) is 0 Å². The molecule has 0 unspecified atom stereocenters. The van der Waals surface area contributed by atoms with E-state index in [9.17, 15) is 8.42 Å². The van der Waals surface area contributed by atoms with Crippen molar-refractivity contribution in [1.29, 1.82) is 0 Å². The van der Waals surface area contributed by atoms with Gasteiger partial charge in [-0.3, -0.25) is 0 Å². The van der Waals surface area contributed by atoms with Gasteiger partial charge >= 0.3 is 0 Å². The van der Waals surface area contributed by atoms with Gasteiger partial charge in [0.15, 0.2) is 0 Å². The molecule has 0 radical (unpaired) electrons. The molecule has 3 rings (SSSR count). The van der Waals surface area contributed by atoms with E-state index in [0.29, 0.717) is 25.4 Å². The van der Waals surface area contributed by atoms with E-state index in [1.54, 1.807) is 31.3 Å². The number of rotatable bonds is 8. The van der Waals surface area contributed by atoms with Crippen molar-refractivity contribution in [2.75, 3.05) is 33.9 Å². The molecule has 27 heavy (non-hydrogen) atoms. The lowest BCUT2D eigenvalue weighted by molar-refractivity contribution is 0.118. The molecule has 8 nitrogen and oxygen atoms in total. The third kappa shape index (κ3) is 4.86. The van der Waals surface area contributed by atoms with Crippen LogP contribution in [0.5, 0.6) is 5.75 Å². The van der Waals surface area contributed by atoms with Crippen molar-refractivity contribution in [1.82, 2.24) is 18.8 Å². The summed E-state index contributed by atoms with van der Waals surface area (Å²) in [4.78, 5) is 0. The number of hydrogen-bond acceptors (Lipinski definition) is 5. The number of ether oxygens (including phenoxy) is 2. The van der Waals surface area contributed by atoms with E-state index in [1.807, 2.05) is 24.3 Å². The Morgan fingerprint density at radius 3 is 2.89 bits per heavy atom. The molecule has 0 bridgehead atoms. The maximum absolute atomic E-state index is 12.6. The van der Waals surface area contributed by atoms with Gasteiger partial charge in [0.2, 0.25) is 0 Å². The second-order valence-corrected chi connectivity index (χ2v) is 8.37. The van der Waals surface area contributed by atoms with Crippen LogP contribution in [-0.4, -0.2) is 56.4 Å². The first kappa shape index (κ1) is 19.8. The van der Waals surface area contributed by atoms with Crippen molar-refractivity contribution in [3.05, 3.63) is 42.2 Å².